The summed E-state index contributed by atoms with van der Waals surface area (Å²) in [4.78, 5) is 22.6. The Bertz CT molecular complexity index is 457. The van der Waals surface area contributed by atoms with Crippen molar-refractivity contribution in [3.8, 4) is 0 Å². The van der Waals surface area contributed by atoms with Gasteiger partial charge in [-0.2, -0.15) is 0 Å². The van der Waals surface area contributed by atoms with Gasteiger partial charge in [0.1, 0.15) is 0 Å². The number of hydrogen-bond acceptors (Lipinski definition) is 4. The number of sulfonamides is 1. The number of aliphatic carboxylic acids is 1. The Morgan fingerprint density at radius 3 is 2.28 bits per heavy atom. The first-order chi connectivity index (χ1) is 8.07. The molecule has 8 heteroatoms. The molecule has 1 rings (SSSR count). The molecule has 0 bridgehead atoms. The van der Waals surface area contributed by atoms with Crippen molar-refractivity contribution in [3.63, 3.8) is 0 Å². The summed E-state index contributed by atoms with van der Waals surface area (Å²) in [5.41, 5.74) is -0.546. The van der Waals surface area contributed by atoms with Crippen molar-refractivity contribution in [1.29, 1.82) is 0 Å². The highest BCUT2D eigenvalue weighted by Gasteiger charge is 2.65. The van der Waals surface area contributed by atoms with Crippen LogP contribution in [0, 0.1) is 17.3 Å². The maximum atomic E-state index is 11.7. The van der Waals surface area contributed by atoms with Crippen LogP contribution in [0.3, 0.4) is 0 Å². The van der Waals surface area contributed by atoms with Crippen LogP contribution in [0.15, 0.2) is 0 Å². The van der Waals surface area contributed by atoms with E-state index in [1.54, 1.807) is 13.8 Å². The van der Waals surface area contributed by atoms with E-state index < -0.39 is 33.2 Å². The Balaban J connectivity index is 2.38. The van der Waals surface area contributed by atoms with Gasteiger partial charge in [0, 0.05) is 6.54 Å². The first-order valence-corrected chi connectivity index (χ1v) is 7.30. The number of amides is 1. The zero-order valence-electron chi connectivity index (χ0n) is 10.3. The SMILES string of the molecule is CC1(C)[C@H](C(=O)O)[C@@H]1C(=O)NCCCS(N)(=O)=O. The van der Waals surface area contributed by atoms with E-state index in [4.69, 9.17) is 10.2 Å². The van der Waals surface area contributed by atoms with Crippen molar-refractivity contribution in [3.05, 3.63) is 0 Å². The maximum Gasteiger partial charge on any atom is 0.307 e. The second-order valence-electron chi connectivity index (χ2n) is 5.13. The fraction of sp³-hybridized carbons (Fsp3) is 0.800. The molecule has 4 N–H and O–H groups in total. The van der Waals surface area contributed by atoms with Gasteiger partial charge in [-0.1, -0.05) is 13.8 Å². The van der Waals surface area contributed by atoms with Crippen LogP contribution in [0.4, 0.5) is 0 Å². The van der Waals surface area contributed by atoms with Crippen LogP contribution < -0.4 is 10.5 Å². The van der Waals surface area contributed by atoms with Crippen LogP contribution in [0.5, 0.6) is 0 Å². The summed E-state index contributed by atoms with van der Waals surface area (Å²) in [7, 11) is -3.52. The molecule has 1 amide bonds. The molecule has 0 aliphatic heterocycles. The highest BCUT2D eigenvalue weighted by molar-refractivity contribution is 7.89. The Morgan fingerprint density at radius 2 is 1.89 bits per heavy atom. The standard InChI is InChI=1S/C10H18N2O5S/c1-10(2)6(7(10)9(14)15)8(13)12-4-3-5-18(11,16)17/h6-7H,3-5H2,1-2H3,(H,12,13)(H,14,15)(H2,11,16,17)/t6-,7+/m1/s1. The fourth-order valence-electron chi connectivity index (χ4n) is 2.18. The topological polar surface area (TPSA) is 127 Å². The van der Waals surface area contributed by atoms with Crippen molar-refractivity contribution in [2.24, 2.45) is 22.4 Å². The molecule has 0 heterocycles. The molecule has 7 nitrogen and oxygen atoms in total. The molecule has 0 aromatic rings. The van der Waals surface area contributed by atoms with E-state index >= 15 is 0 Å². The van der Waals surface area contributed by atoms with Gasteiger partial charge in [-0.05, 0) is 11.8 Å². The molecule has 1 saturated carbocycles. The number of carbonyl (C=O) groups is 2. The largest absolute Gasteiger partial charge is 0.481 e. The van der Waals surface area contributed by atoms with Gasteiger partial charge in [0.15, 0.2) is 0 Å². The van der Waals surface area contributed by atoms with Crippen LogP contribution in [-0.4, -0.2) is 37.7 Å². The molecule has 0 aromatic carbocycles. The summed E-state index contributed by atoms with van der Waals surface area (Å²) < 4.78 is 21.3. The summed E-state index contributed by atoms with van der Waals surface area (Å²) in [5.74, 6) is -2.75. The molecule has 18 heavy (non-hydrogen) atoms. The van der Waals surface area contributed by atoms with E-state index in [0.29, 0.717) is 0 Å². The first kappa shape index (κ1) is 14.9. The van der Waals surface area contributed by atoms with Crippen LogP contribution in [-0.2, 0) is 19.6 Å². The highest BCUT2D eigenvalue weighted by atomic mass is 32.2. The predicted octanol–water partition coefficient (Wildman–Crippen LogP) is -0.862. The third-order valence-electron chi connectivity index (χ3n) is 3.28. The summed E-state index contributed by atoms with van der Waals surface area (Å²) in [6.07, 6.45) is 0.218. The van der Waals surface area contributed by atoms with E-state index in [9.17, 15) is 18.0 Å². The molecule has 0 spiro atoms. The van der Waals surface area contributed by atoms with Gasteiger partial charge < -0.3 is 10.4 Å². The molecule has 1 fully saturated rings. The minimum absolute atomic E-state index is 0.175. The highest BCUT2D eigenvalue weighted by Crippen LogP contribution is 2.58. The molecule has 104 valence electrons. The lowest BCUT2D eigenvalue weighted by molar-refractivity contribution is -0.140. The summed E-state index contributed by atoms with van der Waals surface area (Å²) >= 11 is 0. The Kier molecular flexibility index (Phi) is 4.02. The van der Waals surface area contributed by atoms with Crippen LogP contribution in [0.1, 0.15) is 20.3 Å². The molecule has 2 atom stereocenters. The Morgan fingerprint density at radius 1 is 1.33 bits per heavy atom. The molecular weight excluding hydrogens is 260 g/mol. The number of carbonyl (C=O) groups excluding carboxylic acids is 1. The predicted molar refractivity (Wildman–Crippen MR) is 64.0 cm³/mol. The first-order valence-electron chi connectivity index (χ1n) is 5.58. The quantitative estimate of drug-likeness (QED) is 0.545. The summed E-state index contributed by atoms with van der Waals surface area (Å²) in [6.45, 7) is 3.62. The van der Waals surface area contributed by atoms with Gasteiger partial charge in [-0.25, -0.2) is 13.6 Å². The van der Waals surface area contributed by atoms with Gasteiger partial charge in [0.05, 0.1) is 17.6 Å². The van der Waals surface area contributed by atoms with Crippen LogP contribution >= 0.6 is 0 Å². The molecule has 0 unspecified atom stereocenters. The summed E-state index contributed by atoms with van der Waals surface area (Å²) in [6, 6.07) is 0. The van der Waals surface area contributed by atoms with Gasteiger partial charge in [-0.15, -0.1) is 0 Å². The van der Waals surface area contributed by atoms with Crippen molar-refractivity contribution in [2.45, 2.75) is 20.3 Å². The Labute approximate surface area is 106 Å². The number of rotatable bonds is 6. The monoisotopic (exact) mass is 278 g/mol. The van der Waals surface area contributed by atoms with E-state index in [2.05, 4.69) is 5.32 Å². The summed E-state index contributed by atoms with van der Waals surface area (Å²) in [5, 5.41) is 16.3. The number of carboxylic acids is 1. The average molecular weight is 278 g/mol. The Hall–Kier alpha value is -1.15. The lowest BCUT2D eigenvalue weighted by Crippen LogP contribution is -2.30. The third kappa shape index (κ3) is 3.42. The fourth-order valence-corrected chi connectivity index (χ4v) is 2.73. The molecule has 1 aliphatic carbocycles. The van der Waals surface area contributed by atoms with Gasteiger partial charge >= 0.3 is 5.97 Å². The molecule has 0 saturated heterocycles. The minimum Gasteiger partial charge on any atom is -0.481 e. The average Bonchev–Trinajstić information content (AvgIpc) is 2.75. The maximum absolute atomic E-state index is 11.7. The van der Waals surface area contributed by atoms with Crippen molar-refractivity contribution >= 4 is 21.9 Å². The lowest BCUT2D eigenvalue weighted by Gasteiger charge is -2.05. The van der Waals surface area contributed by atoms with Crippen molar-refractivity contribution < 1.29 is 23.1 Å². The molecule has 0 radical (unpaired) electrons. The molecule has 0 aromatic heterocycles. The number of carboxylic acid groups (broad SMARTS) is 1. The third-order valence-corrected chi connectivity index (χ3v) is 4.14. The number of nitrogens with two attached hydrogens (primary N) is 1. The van der Waals surface area contributed by atoms with E-state index in [-0.39, 0.29) is 24.6 Å². The second-order valence-corrected chi connectivity index (χ2v) is 6.86. The van der Waals surface area contributed by atoms with Gasteiger partial charge in [-0.3, -0.25) is 9.59 Å². The number of nitrogens with one attached hydrogen (secondary N) is 1. The minimum atomic E-state index is -3.52. The van der Waals surface area contributed by atoms with E-state index in [0.717, 1.165) is 0 Å². The van der Waals surface area contributed by atoms with E-state index in [1.165, 1.54) is 0 Å². The zero-order chi connectivity index (χ0) is 14.1. The smallest absolute Gasteiger partial charge is 0.307 e. The zero-order valence-corrected chi connectivity index (χ0v) is 11.2. The second kappa shape index (κ2) is 4.85. The molecular formula is C10H18N2O5S. The lowest BCUT2D eigenvalue weighted by atomic mass is 10.1. The molecule has 1 aliphatic rings. The van der Waals surface area contributed by atoms with Crippen LogP contribution in [0.25, 0.3) is 0 Å². The van der Waals surface area contributed by atoms with Gasteiger partial charge in [0.2, 0.25) is 15.9 Å². The normalized spacial score (nSPS) is 25.5. The van der Waals surface area contributed by atoms with Gasteiger partial charge in [0.25, 0.3) is 0 Å². The van der Waals surface area contributed by atoms with Crippen molar-refractivity contribution in [1.82, 2.24) is 5.32 Å². The van der Waals surface area contributed by atoms with Crippen molar-refractivity contribution in [2.75, 3.05) is 12.3 Å². The number of hydrogen-bond donors (Lipinski definition) is 3. The number of primary sulfonamides is 1. The van der Waals surface area contributed by atoms with Crippen LogP contribution in [0.2, 0.25) is 0 Å². The van der Waals surface area contributed by atoms with E-state index in [1.807, 2.05) is 0 Å².